The smallest absolute Gasteiger partial charge is 0.243 e. The van der Waals surface area contributed by atoms with Crippen LogP contribution in [-0.2, 0) is 19.1 Å². The molecule has 0 radical (unpaired) electrons. The van der Waals surface area contributed by atoms with Crippen LogP contribution in [0.4, 0.5) is 0 Å². The number of nitrogens with one attached hydrogen (secondary N) is 1. The Bertz CT molecular complexity index is 614. The highest BCUT2D eigenvalue weighted by atomic mass is 16.5. The molecule has 2 heterocycles. The van der Waals surface area contributed by atoms with Crippen molar-refractivity contribution < 1.29 is 24.2 Å². The van der Waals surface area contributed by atoms with Gasteiger partial charge >= 0.3 is 0 Å². The van der Waals surface area contributed by atoms with Gasteiger partial charge < -0.3 is 31.5 Å². The summed E-state index contributed by atoms with van der Waals surface area (Å²) in [6.45, 7) is 6.92. The molecular formula is C20H37N5O5. The molecule has 1 unspecified atom stereocenters. The maximum Gasteiger partial charge on any atom is 0.243 e. The number of carbonyl (C=O) groups is 3. The summed E-state index contributed by atoms with van der Waals surface area (Å²) in [5, 5.41) is 12.2. The molecule has 2 saturated heterocycles. The molecule has 0 aromatic heterocycles. The minimum absolute atomic E-state index is 0.0891. The van der Waals surface area contributed by atoms with Crippen LogP contribution in [0.2, 0.25) is 0 Å². The Morgan fingerprint density at radius 2 is 1.77 bits per heavy atom. The van der Waals surface area contributed by atoms with Gasteiger partial charge in [0.25, 0.3) is 0 Å². The van der Waals surface area contributed by atoms with E-state index in [0.29, 0.717) is 19.4 Å². The van der Waals surface area contributed by atoms with Crippen molar-refractivity contribution in [1.29, 1.82) is 0 Å². The number of aliphatic hydroxyl groups is 1. The van der Waals surface area contributed by atoms with E-state index in [1.807, 2.05) is 18.7 Å². The van der Waals surface area contributed by atoms with Crippen molar-refractivity contribution in [3.05, 3.63) is 0 Å². The van der Waals surface area contributed by atoms with E-state index in [2.05, 4.69) is 5.32 Å². The van der Waals surface area contributed by atoms with E-state index in [-0.39, 0.29) is 37.1 Å². The van der Waals surface area contributed by atoms with Gasteiger partial charge in [0.1, 0.15) is 12.1 Å². The second-order valence-corrected chi connectivity index (χ2v) is 8.70. The monoisotopic (exact) mass is 427 g/mol. The van der Waals surface area contributed by atoms with Crippen LogP contribution >= 0.6 is 0 Å². The Morgan fingerprint density at radius 3 is 2.37 bits per heavy atom. The summed E-state index contributed by atoms with van der Waals surface area (Å²) < 4.78 is 5.60. The number of likely N-dealkylation sites (tertiary alicyclic amines) is 2. The number of carbonyl (C=O) groups excluding carboxylic acids is 3. The van der Waals surface area contributed by atoms with Crippen molar-refractivity contribution in [3.63, 3.8) is 0 Å². The van der Waals surface area contributed by atoms with Crippen LogP contribution in [-0.4, -0.2) is 89.3 Å². The zero-order valence-electron chi connectivity index (χ0n) is 18.3. The van der Waals surface area contributed by atoms with Gasteiger partial charge in [0, 0.05) is 13.1 Å². The van der Waals surface area contributed by atoms with E-state index in [0.717, 1.165) is 19.4 Å². The molecule has 10 nitrogen and oxygen atoms in total. The van der Waals surface area contributed by atoms with E-state index in [1.54, 1.807) is 11.8 Å². The van der Waals surface area contributed by atoms with E-state index in [4.69, 9.17) is 16.2 Å². The summed E-state index contributed by atoms with van der Waals surface area (Å²) in [6.07, 6.45) is 2.20. The molecule has 5 atom stereocenters. The number of hydrogen-bond donors (Lipinski definition) is 4. The third-order valence-corrected chi connectivity index (χ3v) is 5.95. The molecule has 3 amide bonds. The van der Waals surface area contributed by atoms with Crippen LogP contribution in [0.15, 0.2) is 0 Å². The van der Waals surface area contributed by atoms with Gasteiger partial charge in [-0.2, -0.15) is 0 Å². The van der Waals surface area contributed by atoms with Gasteiger partial charge in [0.2, 0.25) is 17.7 Å². The third-order valence-electron chi connectivity index (χ3n) is 5.95. The topological polar surface area (TPSA) is 151 Å². The number of ether oxygens (including phenoxy) is 1. The van der Waals surface area contributed by atoms with Crippen LogP contribution in [0.5, 0.6) is 0 Å². The normalized spacial score (nSPS) is 25.3. The molecule has 0 spiro atoms. The Morgan fingerprint density at radius 1 is 1.13 bits per heavy atom. The lowest BCUT2D eigenvalue weighted by Gasteiger charge is -2.32. The Balaban J connectivity index is 1.96. The summed E-state index contributed by atoms with van der Waals surface area (Å²) in [5.74, 6) is -1.13. The molecule has 2 rings (SSSR count). The minimum atomic E-state index is -0.760. The molecule has 0 bridgehead atoms. The fraction of sp³-hybridized carbons (Fsp3) is 0.850. The number of amides is 3. The van der Waals surface area contributed by atoms with Gasteiger partial charge in [-0.3, -0.25) is 19.3 Å². The van der Waals surface area contributed by atoms with E-state index < -0.39 is 30.1 Å². The average Bonchev–Trinajstić information content (AvgIpc) is 3.34. The molecule has 0 saturated carbocycles. The summed E-state index contributed by atoms with van der Waals surface area (Å²) >= 11 is 0. The molecule has 2 fully saturated rings. The highest BCUT2D eigenvalue weighted by Crippen LogP contribution is 2.25. The summed E-state index contributed by atoms with van der Waals surface area (Å²) in [7, 11) is 0. The predicted molar refractivity (Wildman–Crippen MR) is 111 cm³/mol. The highest BCUT2D eigenvalue weighted by molar-refractivity contribution is 5.93. The first-order valence-electron chi connectivity index (χ1n) is 10.8. The maximum absolute atomic E-state index is 13.2. The Kier molecular flexibility index (Phi) is 9.02. The number of aliphatic hydroxyl groups excluding tert-OH is 1. The number of rotatable bonds is 10. The molecular weight excluding hydrogens is 390 g/mol. The molecule has 0 aromatic carbocycles. The van der Waals surface area contributed by atoms with Crippen LogP contribution in [0.25, 0.3) is 0 Å². The van der Waals surface area contributed by atoms with Gasteiger partial charge in [-0.15, -0.1) is 0 Å². The maximum atomic E-state index is 13.2. The van der Waals surface area contributed by atoms with E-state index in [9.17, 15) is 19.5 Å². The molecule has 0 aliphatic carbocycles. The molecule has 30 heavy (non-hydrogen) atoms. The second kappa shape index (κ2) is 11.0. The first-order chi connectivity index (χ1) is 14.1. The molecule has 2 aliphatic heterocycles. The second-order valence-electron chi connectivity index (χ2n) is 8.70. The van der Waals surface area contributed by atoms with E-state index >= 15 is 0 Å². The van der Waals surface area contributed by atoms with Crippen molar-refractivity contribution in [2.75, 3.05) is 26.4 Å². The Labute approximate surface area is 178 Å². The van der Waals surface area contributed by atoms with Crippen molar-refractivity contribution >= 4 is 17.7 Å². The fourth-order valence-corrected chi connectivity index (χ4v) is 4.02. The van der Waals surface area contributed by atoms with Gasteiger partial charge in [-0.05, 0) is 38.5 Å². The number of hydrogen-bond acceptors (Lipinski definition) is 7. The van der Waals surface area contributed by atoms with Gasteiger partial charge in [0.05, 0.1) is 31.5 Å². The van der Waals surface area contributed by atoms with Crippen molar-refractivity contribution in [1.82, 2.24) is 15.1 Å². The number of nitrogens with zero attached hydrogens (tertiary/aromatic N) is 2. The largest absolute Gasteiger partial charge is 0.392 e. The number of primary amides is 1. The van der Waals surface area contributed by atoms with Gasteiger partial charge in [-0.1, -0.05) is 13.8 Å². The third kappa shape index (κ3) is 6.13. The lowest BCUT2D eigenvalue weighted by molar-refractivity contribution is -0.144. The average molecular weight is 428 g/mol. The summed E-state index contributed by atoms with van der Waals surface area (Å²) in [5.41, 5.74) is 11.2. The van der Waals surface area contributed by atoms with Crippen LogP contribution < -0.4 is 16.8 Å². The first kappa shape index (κ1) is 24.5. The summed E-state index contributed by atoms with van der Waals surface area (Å²) in [6, 6.07) is -2.18. The first-order valence-corrected chi connectivity index (χ1v) is 10.8. The molecule has 10 heteroatoms. The highest BCUT2D eigenvalue weighted by Gasteiger charge is 2.41. The Hall–Kier alpha value is -1.75. The van der Waals surface area contributed by atoms with Crippen molar-refractivity contribution in [2.24, 2.45) is 17.4 Å². The van der Waals surface area contributed by atoms with Gasteiger partial charge in [0.15, 0.2) is 0 Å². The van der Waals surface area contributed by atoms with Crippen molar-refractivity contribution in [2.45, 2.75) is 76.7 Å². The zero-order chi connectivity index (χ0) is 22.4. The lowest BCUT2D eigenvalue weighted by Crippen LogP contribution is -2.56. The SMILES string of the molecule is CC(C)[C@H](NC(=O)[C@@H]1CCCN1C(=O)[C@@H]1CCCN1COCC(N)[C@@H](C)O)C(N)=O. The van der Waals surface area contributed by atoms with Crippen LogP contribution in [0, 0.1) is 5.92 Å². The molecule has 0 aromatic rings. The standard InChI is InChI=1S/C20H37N5O5/c1-12(2)17(18(22)27)23-19(28)15-6-5-9-25(15)20(29)16-7-4-8-24(16)11-30-10-14(21)13(3)26/h12-17,26H,4-11,21H2,1-3H3,(H2,22,27)(H,23,28)/t13-,14?,15+,16+,17+/m1/s1. The zero-order valence-corrected chi connectivity index (χ0v) is 18.3. The molecule has 172 valence electrons. The fourth-order valence-electron chi connectivity index (χ4n) is 4.02. The van der Waals surface area contributed by atoms with E-state index in [1.165, 1.54) is 0 Å². The predicted octanol–water partition coefficient (Wildman–Crippen LogP) is -1.25. The lowest BCUT2D eigenvalue weighted by atomic mass is 10.0. The number of nitrogens with two attached hydrogens (primary N) is 2. The van der Waals surface area contributed by atoms with Gasteiger partial charge in [-0.25, -0.2) is 0 Å². The van der Waals surface area contributed by atoms with Crippen LogP contribution in [0.1, 0.15) is 46.5 Å². The molecule has 2 aliphatic rings. The molecule has 6 N–H and O–H groups in total. The van der Waals surface area contributed by atoms with Crippen LogP contribution in [0.3, 0.4) is 0 Å². The van der Waals surface area contributed by atoms with Crippen molar-refractivity contribution in [3.8, 4) is 0 Å². The quantitative estimate of drug-likeness (QED) is 0.340. The minimum Gasteiger partial charge on any atom is -0.392 e. The summed E-state index contributed by atoms with van der Waals surface area (Å²) in [4.78, 5) is 41.2.